The van der Waals surface area contributed by atoms with Crippen molar-refractivity contribution in [1.29, 1.82) is 5.26 Å². The van der Waals surface area contributed by atoms with E-state index in [4.69, 9.17) is 5.26 Å². The lowest BCUT2D eigenvalue weighted by molar-refractivity contribution is 1.23. The molecular formula is C10H7N3S. The number of nitriles is 1. The molecule has 0 saturated carbocycles. The molecule has 0 aromatic carbocycles. The van der Waals surface area contributed by atoms with Crippen molar-refractivity contribution in [3.8, 4) is 16.6 Å². The summed E-state index contributed by atoms with van der Waals surface area (Å²) in [6, 6.07) is 5.74. The third-order valence-electron chi connectivity index (χ3n) is 1.76. The van der Waals surface area contributed by atoms with E-state index in [9.17, 15) is 0 Å². The van der Waals surface area contributed by atoms with E-state index in [1.165, 1.54) is 11.3 Å². The molecular weight excluding hydrogens is 194 g/mol. The van der Waals surface area contributed by atoms with Crippen molar-refractivity contribution < 1.29 is 0 Å². The van der Waals surface area contributed by atoms with Crippen LogP contribution in [0.2, 0.25) is 0 Å². The van der Waals surface area contributed by atoms with Gasteiger partial charge in [-0.15, -0.1) is 11.3 Å². The molecule has 0 aliphatic carbocycles. The summed E-state index contributed by atoms with van der Waals surface area (Å²) in [6.45, 7) is 1.93. The third-order valence-corrected chi connectivity index (χ3v) is 2.76. The summed E-state index contributed by atoms with van der Waals surface area (Å²) in [5.74, 6) is 0. The summed E-state index contributed by atoms with van der Waals surface area (Å²) in [7, 11) is 0. The zero-order valence-electron chi connectivity index (χ0n) is 7.56. The maximum atomic E-state index is 8.85. The Morgan fingerprint density at radius 3 is 3.00 bits per heavy atom. The predicted octanol–water partition coefficient (Wildman–Crippen LogP) is 2.39. The Bertz CT molecular complexity index is 496. The number of hydrogen-bond acceptors (Lipinski definition) is 4. The van der Waals surface area contributed by atoms with E-state index < -0.39 is 0 Å². The van der Waals surface area contributed by atoms with Crippen LogP contribution in [0.4, 0.5) is 0 Å². The Morgan fingerprint density at radius 1 is 1.50 bits per heavy atom. The molecule has 0 fully saturated rings. The third kappa shape index (κ3) is 1.50. The van der Waals surface area contributed by atoms with Crippen LogP contribution >= 0.6 is 11.3 Å². The monoisotopic (exact) mass is 201 g/mol. The van der Waals surface area contributed by atoms with Gasteiger partial charge in [-0.2, -0.15) is 5.26 Å². The Kier molecular flexibility index (Phi) is 2.25. The first kappa shape index (κ1) is 8.85. The molecule has 0 radical (unpaired) electrons. The highest BCUT2D eigenvalue weighted by atomic mass is 32.1. The van der Waals surface area contributed by atoms with Gasteiger partial charge in [0, 0.05) is 22.8 Å². The van der Waals surface area contributed by atoms with Gasteiger partial charge in [-0.1, -0.05) is 0 Å². The van der Waals surface area contributed by atoms with Crippen molar-refractivity contribution in [2.24, 2.45) is 0 Å². The average molecular weight is 201 g/mol. The van der Waals surface area contributed by atoms with Crippen molar-refractivity contribution in [3.63, 3.8) is 0 Å². The highest BCUT2D eigenvalue weighted by Crippen LogP contribution is 2.24. The molecule has 0 unspecified atom stereocenters. The molecule has 0 saturated heterocycles. The van der Waals surface area contributed by atoms with Crippen LogP contribution in [-0.2, 0) is 0 Å². The van der Waals surface area contributed by atoms with Crippen LogP contribution < -0.4 is 0 Å². The quantitative estimate of drug-likeness (QED) is 0.711. The number of aromatic nitrogens is 2. The van der Waals surface area contributed by atoms with Gasteiger partial charge in [-0.25, -0.2) is 9.97 Å². The van der Waals surface area contributed by atoms with E-state index in [2.05, 4.69) is 16.0 Å². The smallest absolute Gasteiger partial charge is 0.150 e. The van der Waals surface area contributed by atoms with E-state index in [0.29, 0.717) is 5.69 Å². The molecule has 0 N–H and O–H groups in total. The summed E-state index contributed by atoms with van der Waals surface area (Å²) >= 11 is 1.53. The van der Waals surface area contributed by atoms with E-state index >= 15 is 0 Å². The number of nitrogens with zero attached hydrogens (tertiary/aromatic N) is 3. The molecule has 14 heavy (non-hydrogen) atoms. The van der Waals surface area contributed by atoms with E-state index in [0.717, 1.165) is 16.3 Å². The average Bonchev–Trinajstić information content (AvgIpc) is 2.65. The maximum absolute atomic E-state index is 8.85. The Morgan fingerprint density at radius 2 is 2.36 bits per heavy atom. The molecule has 0 spiro atoms. The lowest BCUT2D eigenvalue weighted by Gasteiger charge is -1.96. The minimum absolute atomic E-state index is 0.432. The molecule has 0 aliphatic rings. The minimum Gasteiger partial charge on any atom is -0.245 e. The summed E-state index contributed by atoms with van der Waals surface area (Å²) in [5.41, 5.74) is 2.22. The molecule has 0 amide bonds. The Labute approximate surface area is 85.7 Å². The van der Waals surface area contributed by atoms with Crippen molar-refractivity contribution in [2.45, 2.75) is 6.92 Å². The fraction of sp³-hybridized carbons (Fsp3) is 0.100. The maximum Gasteiger partial charge on any atom is 0.150 e. The molecule has 2 heterocycles. The molecule has 2 aromatic heterocycles. The first-order valence-electron chi connectivity index (χ1n) is 4.09. The van der Waals surface area contributed by atoms with Crippen LogP contribution in [0.3, 0.4) is 0 Å². The molecule has 0 atom stereocenters. The number of pyridine rings is 1. The second kappa shape index (κ2) is 3.56. The molecule has 68 valence electrons. The molecule has 4 heteroatoms. The van der Waals surface area contributed by atoms with Gasteiger partial charge in [0.1, 0.15) is 11.1 Å². The van der Waals surface area contributed by atoms with Crippen LogP contribution in [0.1, 0.15) is 11.4 Å². The fourth-order valence-corrected chi connectivity index (χ4v) is 1.97. The van der Waals surface area contributed by atoms with Gasteiger partial charge in [0.25, 0.3) is 0 Å². The zero-order chi connectivity index (χ0) is 9.97. The lowest BCUT2D eigenvalue weighted by atomic mass is 10.2. The zero-order valence-corrected chi connectivity index (χ0v) is 8.38. The summed E-state index contributed by atoms with van der Waals surface area (Å²) in [4.78, 5) is 8.31. The molecule has 0 aliphatic heterocycles. The highest BCUT2D eigenvalue weighted by Gasteiger charge is 2.07. The van der Waals surface area contributed by atoms with Crippen LogP contribution in [0.5, 0.6) is 0 Å². The Hall–Kier alpha value is -1.73. The summed E-state index contributed by atoms with van der Waals surface area (Å²) in [6.07, 6.45) is 1.61. The fourth-order valence-electron chi connectivity index (χ4n) is 1.14. The molecule has 2 rings (SSSR count). The van der Waals surface area contributed by atoms with E-state index in [1.54, 1.807) is 6.20 Å². The second-order valence-corrected chi connectivity index (χ2v) is 3.66. The number of rotatable bonds is 1. The van der Waals surface area contributed by atoms with Gasteiger partial charge >= 0.3 is 0 Å². The van der Waals surface area contributed by atoms with Crippen molar-refractivity contribution >= 4 is 11.3 Å². The first-order chi connectivity index (χ1) is 6.81. The van der Waals surface area contributed by atoms with Gasteiger partial charge in [-0.3, -0.25) is 0 Å². The van der Waals surface area contributed by atoms with Crippen LogP contribution in [0.25, 0.3) is 10.6 Å². The molecule has 0 bridgehead atoms. The normalized spacial score (nSPS) is 9.71. The van der Waals surface area contributed by atoms with Gasteiger partial charge < -0.3 is 0 Å². The number of aryl methyl sites for hydroxylation is 1. The van der Waals surface area contributed by atoms with Crippen molar-refractivity contribution in [2.75, 3.05) is 0 Å². The van der Waals surface area contributed by atoms with E-state index in [1.807, 2.05) is 24.4 Å². The van der Waals surface area contributed by atoms with Gasteiger partial charge in [0.15, 0.2) is 5.69 Å². The SMILES string of the molecule is Cc1csc(-c2cccnc2C#N)n1. The van der Waals surface area contributed by atoms with Crippen molar-refractivity contribution in [1.82, 2.24) is 9.97 Å². The predicted molar refractivity (Wildman–Crippen MR) is 54.8 cm³/mol. The molecule has 3 nitrogen and oxygen atoms in total. The number of thiazole rings is 1. The number of hydrogen-bond donors (Lipinski definition) is 0. The van der Waals surface area contributed by atoms with Crippen molar-refractivity contribution in [3.05, 3.63) is 35.1 Å². The topological polar surface area (TPSA) is 49.6 Å². The van der Waals surface area contributed by atoms with Gasteiger partial charge in [0.2, 0.25) is 0 Å². The minimum atomic E-state index is 0.432. The van der Waals surface area contributed by atoms with Gasteiger partial charge in [-0.05, 0) is 19.1 Å². The summed E-state index contributed by atoms with van der Waals surface area (Å²) < 4.78 is 0. The Balaban J connectivity index is 2.57. The second-order valence-electron chi connectivity index (χ2n) is 2.81. The molecule has 2 aromatic rings. The lowest BCUT2D eigenvalue weighted by Crippen LogP contribution is -1.86. The first-order valence-corrected chi connectivity index (χ1v) is 4.97. The van der Waals surface area contributed by atoms with Gasteiger partial charge in [0.05, 0.1) is 0 Å². The summed E-state index contributed by atoms with van der Waals surface area (Å²) in [5, 5.41) is 11.7. The van der Waals surface area contributed by atoms with Crippen LogP contribution in [-0.4, -0.2) is 9.97 Å². The van der Waals surface area contributed by atoms with E-state index in [-0.39, 0.29) is 0 Å². The largest absolute Gasteiger partial charge is 0.245 e. The standard InChI is InChI=1S/C10H7N3S/c1-7-6-14-10(13-7)8-3-2-4-12-9(8)5-11/h2-4,6H,1H3. The highest BCUT2D eigenvalue weighted by molar-refractivity contribution is 7.13. The van der Waals surface area contributed by atoms with Crippen LogP contribution in [0.15, 0.2) is 23.7 Å². The van der Waals surface area contributed by atoms with Crippen LogP contribution in [0, 0.1) is 18.3 Å².